The molecule has 21 heavy (non-hydrogen) atoms. The molecule has 3 rings (SSSR count). The summed E-state index contributed by atoms with van der Waals surface area (Å²) in [6.07, 6.45) is 0. The van der Waals surface area contributed by atoms with Crippen LogP contribution in [0.25, 0.3) is 11.1 Å². The van der Waals surface area contributed by atoms with Crippen molar-refractivity contribution in [2.75, 3.05) is 19.1 Å². The molecule has 1 heterocycles. The number of halogens is 1. The maximum atomic E-state index is 12.2. The van der Waals surface area contributed by atoms with Crippen molar-refractivity contribution < 1.29 is 14.3 Å². The number of rotatable bonds is 2. The third kappa shape index (κ3) is 1.99. The van der Waals surface area contributed by atoms with Gasteiger partial charge in [0.25, 0.3) is 11.7 Å². The van der Waals surface area contributed by atoms with Crippen molar-refractivity contribution in [3.8, 4) is 16.9 Å². The SMILES string of the molecule is COc1ccc(-c2ccc(Cl)c3c2C(=O)C(=O)N3C)cc1. The number of benzene rings is 2. The molecule has 0 unspecified atom stereocenters. The first-order chi connectivity index (χ1) is 10.0. The van der Waals surface area contributed by atoms with Crippen LogP contribution in [0.15, 0.2) is 36.4 Å². The molecular weight excluding hydrogens is 290 g/mol. The maximum absolute atomic E-state index is 12.2. The van der Waals surface area contributed by atoms with Crippen LogP contribution >= 0.6 is 11.6 Å². The van der Waals surface area contributed by atoms with Gasteiger partial charge >= 0.3 is 0 Å². The molecule has 5 heteroatoms. The Hall–Kier alpha value is -2.33. The van der Waals surface area contributed by atoms with Crippen molar-refractivity contribution in [1.82, 2.24) is 0 Å². The van der Waals surface area contributed by atoms with Gasteiger partial charge in [0.1, 0.15) is 5.75 Å². The lowest BCUT2D eigenvalue weighted by Gasteiger charge is -2.13. The molecule has 2 aromatic rings. The van der Waals surface area contributed by atoms with Gasteiger partial charge in [-0.25, -0.2) is 0 Å². The van der Waals surface area contributed by atoms with Crippen molar-refractivity contribution in [3.63, 3.8) is 0 Å². The third-order valence-corrected chi connectivity index (χ3v) is 3.90. The lowest BCUT2D eigenvalue weighted by atomic mass is 9.97. The Kier molecular flexibility index (Phi) is 3.18. The molecule has 0 atom stereocenters. The summed E-state index contributed by atoms with van der Waals surface area (Å²) in [6, 6.07) is 10.8. The zero-order chi connectivity index (χ0) is 15.1. The predicted octanol–water partition coefficient (Wildman–Crippen LogP) is 3.17. The minimum Gasteiger partial charge on any atom is -0.497 e. The Morgan fingerprint density at radius 2 is 1.71 bits per heavy atom. The van der Waals surface area contributed by atoms with Crippen LogP contribution in [0.3, 0.4) is 0 Å². The fraction of sp³-hybridized carbons (Fsp3) is 0.125. The van der Waals surface area contributed by atoms with Gasteiger partial charge in [-0.15, -0.1) is 0 Å². The Morgan fingerprint density at radius 3 is 2.33 bits per heavy atom. The lowest BCUT2D eigenvalue weighted by Crippen LogP contribution is -2.24. The number of carbonyl (C=O) groups is 2. The average molecular weight is 302 g/mol. The van der Waals surface area contributed by atoms with E-state index < -0.39 is 11.7 Å². The summed E-state index contributed by atoms with van der Waals surface area (Å²) in [6.45, 7) is 0. The first-order valence-corrected chi connectivity index (χ1v) is 6.71. The molecule has 0 aliphatic carbocycles. The van der Waals surface area contributed by atoms with E-state index in [9.17, 15) is 9.59 Å². The van der Waals surface area contributed by atoms with E-state index in [0.717, 1.165) is 11.3 Å². The number of likely N-dealkylation sites (N-methyl/N-ethyl adjacent to an activating group) is 1. The van der Waals surface area contributed by atoms with E-state index in [1.54, 1.807) is 38.4 Å². The molecule has 0 fully saturated rings. The van der Waals surface area contributed by atoms with Crippen LogP contribution in [0.1, 0.15) is 10.4 Å². The highest BCUT2D eigenvalue weighted by atomic mass is 35.5. The molecule has 2 aromatic carbocycles. The highest BCUT2D eigenvalue weighted by Gasteiger charge is 2.37. The van der Waals surface area contributed by atoms with E-state index in [0.29, 0.717) is 21.8 Å². The molecular formula is C16H12ClNO3. The topological polar surface area (TPSA) is 46.6 Å². The van der Waals surface area contributed by atoms with Gasteiger partial charge in [0.2, 0.25) is 0 Å². The molecule has 1 aliphatic heterocycles. The zero-order valence-electron chi connectivity index (χ0n) is 11.5. The van der Waals surface area contributed by atoms with E-state index in [2.05, 4.69) is 0 Å². The third-order valence-electron chi connectivity index (χ3n) is 3.59. The van der Waals surface area contributed by atoms with Gasteiger partial charge < -0.3 is 9.64 Å². The van der Waals surface area contributed by atoms with E-state index in [1.807, 2.05) is 12.1 Å². The number of Topliss-reactive ketones (excluding diaryl/α,β-unsaturated/α-hetero) is 1. The summed E-state index contributed by atoms with van der Waals surface area (Å²) >= 11 is 6.14. The standard InChI is InChI=1S/C16H12ClNO3/c1-18-14-12(17)8-7-11(13(14)15(19)16(18)20)9-3-5-10(21-2)6-4-9/h3-8H,1-2H3. The highest BCUT2D eigenvalue weighted by Crippen LogP contribution is 2.41. The van der Waals surface area contributed by atoms with Gasteiger partial charge in [-0.2, -0.15) is 0 Å². The molecule has 1 aliphatic rings. The highest BCUT2D eigenvalue weighted by molar-refractivity contribution is 6.55. The van der Waals surface area contributed by atoms with Crippen molar-refractivity contribution in [3.05, 3.63) is 47.0 Å². The number of hydrogen-bond acceptors (Lipinski definition) is 3. The number of nitrogens with zero attached hydrogens (tertiary/aromatic N) is 1. The van der Waals surface area contributed by atoms with Gasteiger partial charge in [-0.05, 0) is 29.3 Å². The first-order valence-electron chi connectivity index (χ1n) is 6.34. The van der Waals surface area contributed by atoms with E-state index in [1.165, 1.54) is 4.90 Å². The predicted molar refractivity (Wildman–Crippen MR) is 81.2 cm³/mol. The number of hydrogen-bond donors (Lipinski definition) is 0. The van der Waals surface area contributed by atoms with Crippen LogP contribution in [0, 0.1) is 0 Å². The molecule has 0 bridgehead atoms. The molecule has 0 N–H and O–H groups in total. The van der Waals surface area contributed by atoms with Gasteiger partial charge in [0.05, 0.1) is 23.4 Å². The second-order valence-corrected chi connectivity index (χ2v) is 5.15. The molecule has 0 saturated heterocycles. The summed E-state index contributed by atoms with van der Waals surface area (Å²) in [5, 5.41) is 0.393. The number of carbonyl (C=O) groups excluding carboxylic acids is 2. The summed E-state index contributed by atoms with van der Waals surface area (Å²) in [5.41, 5.74) is 2.36. The Balaban J connectivity index is 2.22. The quantitative estimate of drug-likeness (QED) is 0.800. The van der Waals surface area contributed by atoms with Gasteiger partial charge in [0, 0.05) is 7.05 Å². The average Bonchev–Trinajstić information content (AvgIpc) is 2.74. The second-order valence-electron chi connectivity index (χ2n) is 4.74. The minimum absolute atomic E-state index is 0.361. The van der Waals surface area contributed by atoms with Crippen molar-refractivity contribution >= 4 is 29.0 Å². The summed E-state index contributed by atoms with van der Waals surface area (Å²) in [5.74, 6) is -0.363. The monoisotopic (exact) mass is 301 g/mol. The number of ketones is 1. The fourth-order valence-electron chi connectivity index (χ4n) is 2.50. The van der Waals surface area contributed by atoms with Crippen LogP contribution < -0.4 is 9.64 Å². The van der Waals surface area contributed by atoms with Crippen LogP contribution in [0.4, 0.5) is 5.69 Å². The summed E-state index contributed by atoms with van der Waals surface area (Å²) in [4.78, 5) is 25.4. The number of fused-ring (bicyclic) bond motifs is 1. The molecule has 0 aromatic heterocycles. The van der Waals surface area contributed by atoms with Crippen molar-refractivity contribution in [1.29, 1.82) is 0 Å². The molecule has 1 amide bonds. The van der Waals surface area contributed by atoms with E-state index >= 15 is 0 Å². The zero-order valence-corrected chi connectivity index (χ0v) is 12.3. The lowest BCUT2D eigenvalue weighted by molar-refractivity contribution is -0.114. The fourth-order valence-corrected chi connectivity index (χ4v) is 2.78. The smallest absolute Gasteiger partial charge is 0.299 e. The van der Waals surface area contributed by atoms with Crippen LogP contribution in [-0.2, 0) is 4.79 Å². The molecule has 106 valence electrons. The number of ether oxygens (including phenoxy) is 1. The van der Waals surface area contributed by atoms with Crippen molar-refractivity contribution in [2.24, 2.45) is 0 Å². The number of anilines is 1. The van der Waals surface area contributed by atoms with E-state index in [4.69, 9.17) is 16.3 Å². The molecule has 0 saturated carbocycles. The largest absolute Gasteiger partial charge is 0.497 e. The number of methoxy groups -OCH3 is 1. The normalized spacial score (nSPS) is 13.6. The molecule has 4 nitrogen and oxygen atoms in total. The minimum atomic E-state index is -0.562. The van der Waals surface area contributed by atoms with Crippen molar-refractivity contribution in [2.45, 2.75) is 0 Å². The Labute approximate surface area is 126 Å². The summed E-state index contributed by atoms with van der Waals surface area (Å²) in [7, 11) is 3.14. The number of amides is 1. The Morgan fingerprint density at radius 1 is 1.05 bits per heavy atom. The summed E-state index contributed by atoms with van der Waals surface area (Å²) < 4.78 is 5.12. The Bertz CT molecular complexity index is 753. The molecule has 0 radical (unpaired) electrons. The first kappa shape index (κ1) is 13.6. The van der Waals surface area contributed by atoms with E-state index in [-0.39, 0.29) is 0 Å². The molecule has 0 spiro atoms. The van der Waals surface area contributed by atoms with Gasteiger partial charge in [-0.3, -0.25) is 9.59 Å². The second kappa shape index (κ2) is 4.90. The van der Waals surface area contributed by atoms with Crippen LogP contribution in [0.2, 0.25) is 5.02 Å². The van der Waals surface area contributed by atoms with Gasteiger partial charge in [-0.1, -0.05) is 29.8 Å². The maximum Gasteiger partial charge on any atom is 0.299 e. The van der Waals surface area contributed by atoms with Gasteiger partial charge in [0.15, 0.2) is 0 Å². The van der Waals surface area contributed by atoms with Crippen LogP contribution in [0.5, 0.6) is 5.75 Å². The van der Waals surface area contributed by atoms with Crippen LogP contribution in [-0.4, -0.2) is 25.8 Å².